The number of hydrogen-bond donors (Lipinski definition) is 0. The lowest BCUT2D eigenvalue weighted by molar-refractivity contribution is 0.0600. The minimum atomic E-state index is -0.385. The highest BCUT2D eigenvalue weighted by atomic mass is 79.9. The highest BCUT2D eigenvalue weighted by Gasteiger charge is 2.06. The smallest absolute Gasteiger partial charge is 0.337 e. The summed E-state index contributed by atoms with van der Waals surface area (Å²) in [5.74, 6) is -0.385. The van der Waals surface area contributed by atoms with Gasteiger partial charge in [-0.1, -0.05) is 11.6 Å². The number of benzene rings is 1. The van der Waals surface area contributed by atoms with Crippen LogP contribution in [0.2, 0.25) is 5.02 Å². The molecule has 0 saturated carbocycles. The van der Waals surface area contributed by atoms with E-state index in [-0.39, 0.29) is 5.97 Å². The molecule has 4 heteroatoms. The molecule has 0 radical (unpaired) electrons. The third-order valence-corrected chi connectivity index (χ3v) is 2.57. The first-order valence-electron chi connectivity index (χ1n) is 3.18. The Morgan fingerprint density at radius 2 is 2.25 bits per heavy atom. The molecule has 0 fully saturated rings. The van der Waals surface area contributed by atoms with Crippen molar-refractivity contribution >= 4 is 33.5 Å². The van der Waals surface area contributed by atoms with E-state index in [1.807, 2.05) is 0 Å². The Morgan fingerprint density at radius 1 is 1.58 bits per heavy atom. The molecule has 0 aliphatic carbocycles. The summed E-state index contributed by atoms with van der Waals surface area (Å²) in [5.41, 5.74) is 0.450. The maximum Gasteiger partial charge on any atom is 0.337 e. The first-order valence-corrected chi connectivity index (χ1v) is 4.35. The van der Waals surface area contributed by atoms with Crippen LogP contribution in [-0.4, -0.2) is 13.1 Å². The van der Waals surface area contributed by atoms with Gasteiger partial charge in [0.2, 0.25) is 0 Å². The fourth-order valence-electron chi connectivity index (χ4n) is 0.741. The quantitative estimate of drug-likeness (QED) is 0.715. The molecule has 1 aromatic carbocycles. The molecule has 0 atom stereocenters. The second-order valence-corrected chi connectivity index (χ2v) is 3.38. The Balaban J connectivity index is 3.05. The first kappa shape index (κ1) is 9.55. The van der Waals surface area contributed by atoms with Gasteiger partial charge in [-0.3, -0.25) is 0 Å². The van der Waals surface area contributed by atoms with Gasteiger partial charge in [0, 0.05) is 4.47 Å². The van der Waals surface area contributed by atoms with Crippen LogP contribution in [0.3, 0.4) is 0 Å². The second-order valence-electron chi connectivity index (χ2n) is 2.12. The summed E-state index contributed by atoms with van der Waals surface area (Å²) >= 11 is 8.98. The molecule has 0 heterocycles. The highest BCUT2D eigenvalue weighted by Crippen LogP contribution is 2.23. The van der Waals surface area contributed by atoms with Crippen molar-refractivity contribution in [2.24, 2.45) is 0 Å². The van der Waals surface area contributed by atoms with E-state index >= 15 is 0 Å². The van der Waals surface area contributed by atoms with Crippen LogP contribution < -0.4 is 0 Å². The van der Waals surface area contributed by atoms with Crippen molar-refractivity contribution in [2.45, 2.75) is 0 Å². The Morgan fingerprint density at radius 3 is 2.75 bits per heavy atom. The molecule has 12 heavy (non-hydrogen) atoms. The Kier molecular flexibility index (Phi) is 3.12. The Hall–Kier alpha value is -0.540. The molecule has 1 aromatic rings. The average molecular weight is 249 g/mol. The summed E-state index contributed by atoms with van der Waals surface area (Å²) in [5, 5.41) is 0.498. The van der Waals surface area contributed by atoms with E-state index in [1.54, 1.807) is 18.2 Å². The number of esters is 1. The molecule has 1 rings (SSSR count). The Bertz CT molecular complexity index is 312. The predicted octanol–water partition coefficient (Wildman–Crippen LogP) is 2.89. The van der Waals surface area contributed by atoms with Gasteiger partial charge in [0.15, 0.2) is 0 Å². The number of hydrogen-bond acceptors (Lipinski definition) is 2. The molecule has 0 saturated heterocycles. The van der Waals surface area contributed by atoms with Gasteiger partial charge in [0.1, 0.15) is 0 Å². The van der Waals surface area contributed by atoms with Crippen LogP contribution >= 0.6 is 27.5 Å². The topological polar surface area (TPSA) is 26.3 Å². The molecule has 0 amide bonds. The van der Waals surface area contributed by atoms with E-state index in [1.165, 1.54) is 7.11 Å². The number of rotatable bonds is 1. The second kappa shape index (κ2) is 3.92. The lowest BCUT2D eigenvalue weighted by atomic mass is 10.2. The minimum Gasteiger partial charge on any atom is -0.465 e. The van der Waals surface area contributed by atoms with Crippen LogP contribution in [0.1, 0.15) is 10.4 Å². The predicted molar refractivity (Wildman–Crippen MR) is 50.5 cm³/mol. The van der Waals surface area contributed by atoms with Crippen molar-refractivity contribution in [1.29, 1.82) is 0 Å². The van der Waals surface area contributed by atoms with Gasteiger partial charge in [-0.2, -0.15) is 0 Å². The van der Waals surface area contributed by atoms with Gasteiger partial charge < -0.3 is 4.74 Å². The van der Waals surface area contributed by atoms with Gasteiger partial charge in [-0.05, 0) is 34.1 Å². The molecule has 0 aliphatic heterocycles. The van der Waals surface area contributed by atoms with Crippen LogP contribution in [-0.2, 0) is 4.74 Å². The lowest BCUT2D eigenvalue weighted by Crippen LogP contribution is -2.00. The summed E-state index contributed by atoms with van der Waals surface area (Å²) < 4.78 is 5.28. The standard InChI is InChI=1S/C8H6BrClO2/c1-12-8(11)5-2-3-6(9)7(10)4-5/h2-4H,1H3. The van der Waals surface area contributed by atoms with E-state index in [4.69, 9.17) is 11.6 Å². The van der Waals surface area contributed by atoms with Crippen molar-refractivity contribution in [2.75, 3.05) is 7.11 Å². The maximum absolute atomic E-state index is 11.0. The van der Waals surface area contributed by atoms with Crippen molar-refractivity contribution in [1.82, 2.24) is 0 Å². The lowest BCUT2D eigenvalue weighted by Gasteiger charge is -2.00. The molecule has 0 unspecified atom stereocenters. The largest absolute Gasteiger partial charge is 0.465 e. The van der Waals surface area contributed by atoms with Gasteiger partial charge in [-0.15, -0.1) is 0 Å². The van der Waals surface area contributed by atoms with Crippen LogP contribution in [0.25, 0.3) is 0 Å². The van der Waals surface area contributed by atoms with E-state index in [0.717, 1.165) is 4.47 Å². The number of carbonyl (C=O) groups is 1. The first-order chi connectivity index (χ1) is 5.65. The van der Waals surface area contributed by atoms with Gasteiger partial charge in [-0.25, -0.2) is 4.79 Å². The van der Waals surface area contributed by atoms with Gasteiger partial charge >= 0.3 is 5.97 Å². The molecule has 0 spiro atoms. The summed E-state index contributed by atoms with van der Waals surface area (Å²) in [6.07, 6.45) is 0. The van der Waals surface area contributed by atoms with Crippen molar-refractivity contribution < 1.29 is 9.53 Å². The summed E-state index contributed by atoms with van der Waals surface area (Å²) in [7, 11) is 1.33. The summed E-state index contributed by atoms with van der Waals surface area (Å²) in [4.78, 5) is 11.0. The average Bonchev–Trinajstić information content (AvgIpc) is 2.08. The molecule has 0 aliphatic rings. The van der Waals surface area contributed by atoms with E-state index < -0.39 is 0 Å². The van der Waals surface area contributed by atoms with Crippen LogP contribution in [0.4, 0.5) is 0 Å². The monoisotopic (exact) mass is 248 g/mol. The molecule has 0 aromatic heterocycles. The fraction of sp³-hybridized carbons (Fsp3) is 0.125. The fourth-order valence-corrected chi connectivity index (χ4v) is 1.17. The number of ether oxygens (including phenoxy) is 1. The number of methoxy groups -OCH3 is 1. The van der Waals surface area contributed by atoms with Gasteiger partial charge in [0.05, 0.1) is 17.7 Å². The zero-order valence-corrected chi connectivity index (χ0v) is 8.65. The molecular weight excluding hydrogens is 243 g/mol. The van der Waals surface area contributed by atoms with Crippen LogP contribution in [0.15, 0.2) is 22.7 Å². The molecular formula is C8H6BrClO2. The van der Waals surface area contributed by atoms with E-state index in [2.05, 4.69) is 20.7 Å². The minimum absolute atomic E-state index is 0.385. The highest BCUT2D eigenvalue weighted by molar-refractivity contribution is 9.10. The Labute approximate surface area is 83.6 Å². The molecule has 64 valence electrons. The van der Waals surface area contributed by atoms with Crippen LogP contribution in [0, 0.1) is 0 Å². The summed E-state index contributed by atoms with van der Waals surface area (Å²) in [6, 6.07) is 4.90. The van der Waals surface area contributed by atoms with E-state index in [0.29, 0.717) is 10.6 Å². The van der Waals surface area contributed by atoms with Crippen LogP contribution in [0.5, 0.6) is 0 Å². The third kappa shape index (κ3) is 1.99. The van der Waals surface area contributed by atoms with Gasteiger partial charge in [0.25, 0.3) is 0 Å². The maximum atomic E-state index is 11.0. The molecule has 2 nitrogen and oxygen atoms in total. The van der Waals surface area contributed by atoms with Crippen molar-refractivity contribution in [3.63, 3.8) is 0 Å². The zero-order chi connectivity index (χ0) is 9.14. The number of halogens is 2. The zero-order valence-electron chi connectivity index (χ0n) is 6.30. The van der Waals surface area contributed by atoms with Crippen molar-refractivity contribution in [3.05, 3.63) is 33.3 Å². The number of carbonyl (C=O) groups excluding carboxylic acids is 1. The summed E-state index contributed by atoms with van der Waals surface area (Å²) in [6.45, 7) is 0. The third-order valence-electron chi connectivity index (χ3n) is 1.34. The molecule has 0 bridgehead atoms. The SMILES string of the molecule is COC(=O)c1ccc(Br)c(Cl)c1. The van der Waals surface area contributed by atoms with Crippen molar-refractivity contribution in [3.8, 4) is 0 Å². The normalized spacial score (nSPS) is 9.58. The molecule has 0 N–H and O–H groups in total. The van der Waals surface area contributed by atoms with E-state index in [9.17, 15) is 4.79 Å².